The van der Waals surface area contributed by atoms with Crippen LogP contribution in [0.3, 0.4) is 0 Å². The fourth-order valence-corrected chi connectivity index (χ4v) is 3.77. The highest BCUT2D eigenvalue weighted by molar-refractivity contribution is 6.42. The third-order valence-electron chi connectivity index (χ3n) is 4.89. The Balaban J connectivity index is 1.20. The van der Waals surface area contributed by atoms with Gasteiger partial charge in [-0.3, -0.25) is 9.48 Å². The molecule has 0 aliphatic carbocycles. The maximum atomic E-state index is 12.6. The zero-order chi connectivity index (χ0) is 23.7. The number of fused-ring (bicyclic) bond motifs is 1. The third kappa shape index (κ3) is 4.94. The number of hydrogen-bond acceptors (Lipinski definition) is 6. The van der Waals surface area contributed by atoms with Crippen molar-refractivity contribution in [2.24, 2.45) is 0 Å². The Morgan fingerprint density at radius 3 is 2.71 bits per heavy atom. The summed E-state index contributed by atoms with van der Waals surface area (Å²) < 4.78 is 23.5. The van der Waals surface area contributed by atoms with Crippen LogP contribution in [0.25, 0.3) is 0 Å². The van der Waals surface area contributed by atoms with E-state index in [4.69, 9.17) is 53.4 Å². The molecule has 0 radical (unpaired) electrons. The fourth-order valence-electron chi connectivity index (χ4n) is 3.26. The van der Waals surface area contributed by atoms with E-state index in [1.165, 1.54) is 0 Å². The van der Waals surface area contributed by atoms with Gasteiger partial charge in [0, 0.05) is 12.3 Å². The topological polar surface area (TPSA) is 87.8 Å². The first kappa shape index (κ1) is 22.5. The maximum absolute atomic E-state index is 12.6. The largest absolute Gasteiger partial charge is 0.486 e. The molecule has 0 fully saturated rings. The van der Waals surface area contributed by atoms with E-state index in [2.05, 4.69) is 10.4 Å². The summed E-state index contributed by atoms with van der Waals surface area (Å²) in [5.41, 5.74) is 0.879. The molecule has 2 aromatic heterocycles. The van der Waals surface area contributed by atoms with Gasteiger partial charge in [-0.1, -0.05) is 40.9 Å². The Morgan fingerprint density at radius 1 is 1.00 bits per heavy atom. The fraction of sp³-hybridized carbons (Fsp3) is 0.130. The monoisotopic (exact) mass is 519 g/mol. The molecule has 4 aromatic rings. The zero-order valence-electron chi connectivity index (χ0n) is 17.4. The second-order valence-electron chi connectivity index (χ2n) is 7.30. The number of halogens is 3. The van der Waals surface area contributed by atoms with Gasteiger partial charge >= 0.3 is 0 Å². The molecule has 0 atom stereocenters. The van der Waals surface area contributed by atoms with Gasteiger partial charge < -0.3 is 23.9 Å². The number of anilines is 1. The van der Waals surface area contributed by atoms with Crippen molar-refractivity contribution in [2.45, 2.75) is 13.2 Å². The van der Waals surface area contributed by atoms with Crippen LogP contribution in [-0.4, -0.2) is 22.5 Å². The lowest BCUT2D eigenvalue weighted by molar-refractivity contribution is 0.0992. The number of benzene rings is 2. The minimum absolute atomic E-state index is 0.0967. The summed E-state index contributed by atoms with van der Waals surface area (Å²) in [5, 5.41) is 8.17. The van der Waals surface area contributed by atoms with Crippen molar-refractivity contribution in [1.82, 2.24) is 9.78 Å². The number of ether oxygens (including phenoxy) is 3. The second kappa shape index (κ2) is 9.50. The number of nitrogens with zero attached hydrogens (tertiary/aromatic N) is 2. The summed E-state index contributed by atoms with van der Waals surface area (Å²) in [5.74, 6) is 2.16. The van der Waals surface area contributed by atoms with E-state index >= 15 is 0 Å². The van der Waals surface area contributed by atoms with Gasteiger partial charge in [-0.05, 0) is 42.0 Å². The van der Waals surface area contributed by atoms with Crippen LogP contribution in [0.1, 0.15) is 21.9 Å². The molecule has 34 heavy (non-hydrogen) atoms. The van der Waals surface area contributed by atoms with E-state index in [-0.39, 0.29) is 30.0 Å². The van der Waals surface area contributed by atoms with E-state index in [1.54, 1.807) is 53.3 Å². The average molecular weight is 521 g/mol. The first-order valence-corrected chi connectivity index (χ1v) is 11.2. The van der Waals surface area contributed by atoms with Gasteiger partial charge in [-0.2, -0.15) is 5.10 Å². The van der Waals surface area contributed by atoms with E-state index in [0.29, 0.717) is 39.6 Å². The molecule has 1 aliphatic rings. The molecule has 1 amide bonds. The molecule has 3 heterocycles. The molecule has 5 rings (SSSR count). The molecule has 8 nitrogen and oxygen atoms in total. The number of amides is 1. The van der Waals surface area contributed by atoms with Crippen molar-refractivity contribution in [1.29, 1.82) is 0 Å². The van der Waals surface area contributed by atoms with Crippen molar-refractivity contribution < 1.29 is 23.4 Å². The lowest BCUT2D eigenvalue weighted by Gasteiger charge is -2.05. The van der Waals surface area contributed by atoms with Crippen molar-refractivity contribution in [3.63, 3.8) is 0 Å². The predicted octanol–water partition coefficient (Wildman–Crippen LogP) is 6.04. The van der Waals surface area contributed by atoms with Crippen LogP contribution in [0.15, 0.2) is 59.1 Å². The Bertz CT molecular complexity index is 1370. The number of furan rings is 1. The molecule has 1 aliphatic heterocycles. The van der Waals surface area contributed by atoms with Crippen LogP contribution in [0, 0.1) is 0 Å². The Labute approximate surface area is 208 Å². The zero-order valence-corrected chi connectivity index (χ0v) is 19.7. The molecule has 0 bridgehead atoms. The highest BCUT2D eigenvalue weighted by Gasteiger charge is 2.17. The van der Waals surface area contributed by atoms with Crippen LogP contribution in [-0.2, 0) is 13.2 Å². The Hall–Kier alpha value is -3.33. The predicted molar refractivity (Wildman–Crippen MR) is 126 cm³/mol. The Kier molecular flexibility index (Phi) is 6.28. The van der Waals surface area contributed by atoms with Crippen LogP contribution < -0.4 is 19.5 Å². The van der Waals surface area contributed by atoms with E-state index < -0.39 is 5.91 Å². The van der Waals surface area contributed by atoms with Gasteiger partial charge in [0.1, 0.15) is 23.1 Å². The molecule has 11 heteroatoms. The van der Waals surface area contributed by atoms with Crippen LogP contribution in [0.5, 0.6) is 17.2 Å². The van der Waals surface area contributed by atoms with Crippen molar-refractivity contribution >= 4 is 46.5 Å². The molecule has 2 aromatic carbocycles. The van der Waals surface area contributed by atoms with Gasteiger partial charge in [-0.15, -0.1) is 0 Å². The van der Waals surface area contributed by atoms with E-state index in [9.17, 15) is 4.79 Å². The summed E-state index contributed by atoms with van der Waals surface area (Å²) in [7, 11) is 0. The van der Waals surface area contributed by atoms with Crippen LogP contribution in [0.4, 0.5) is 5.82 Å². The number of nitrogens with one attached hydrogen (secondary N) is 1. The summed E-state index contributed by atoms with van der Waals surface area (Å²) in [4.78, 5) is 12.6. The molecule has 0 spiro atoms. The maximum Gasteiger partial charge on any atom is 0.292 e. The quantitative estimate of drug-likeness (QED) is 0.319. The summed E-state index contributed by atoms with van der Waals surface area (Å²) >= 11 is 18.3. The highest BCUT2D eigenvalue weighted by atomic mass is 35.5. The minimum atomic E-state index is -0.490. The normalized spacial score (nSPS) is 12.1. The molecular weight excluding hydrogens is 505 g/mol. The number of aromatic nitrogens is 2. The number of carbonyl (C=O) groups excluding carboxylic acids is 1. The lowest BCUT2D eigenvalue weighted by atomic mass is 10.2. The first-order valence-electron chi connectivity index (χ1n) is 10.0. The second-order valence-corrected chi connectivity index (χ2v) is 8.52. The average Bonchev–Trinajstić information content (AvgIpc) is 3.55. The van der Waals surface area contributed by atoms with Crippen molar-refractivity contribution in [3.8, 4) is 17.2 Å². The third-order valence-corrected chi connectivity index (χ3v) is 5.90. The minimum Gasteiger partial charge on any atom is -0.486 e. The van der Waals surface area contributed by atoms with E-state index in [1.807, 2.05) is 6.07 Å². The van der Waals surface area contributed by atoms with Gasteiger partial charge in [0.2, 0.25) is 6.79 Å². The summed E-state index contributed by atoms with van der Waals surface area (Å²) in [6, 6.07) is 13.8. The summed E-state index contributed by atoms with van der Waals surface area (Å²) in [6.07, 6.45) is 1.60. The molecule has 0 unspecified atom stereocenters. The highest BCUT2D eigenvalue weighted by Crippen LogP contribution is 2.35. The van der Waals surface area contributed by atoms with E-state index in [0.717, 1.165) is 5.56 Å². The lowest BCUT2D eigenvalue weighted by Crippen LogP contribution is -2.12. The van der Waals surface area contributed by atoms with Gasteiger partial charge in [-0.25, -0.2) is 0 Å². The Morgan fingerprint density at radius 2 is 1.85 bits per heavy atom. The molecule has 0 saturated carbocycles. The number of rotatable bonds is 7. The van der Waals surface area contributed by atoms with Gasteiger partial charge in [0.15, 0.2) is 23.1 Å². The standard InChI is InChI=1S/C23H16Cl3N3O5/c24-16-4-1-13(7-17(16)25)9-29-10-18(26)22(28-29)27-23(30)20-6-3-15(34-20)11-31-14-2-5-19-21(8-14)33-12-32-19/h1-8,10H,9,11-12H2,(H,27,28,30). The van der Waals surface area contributed by atoms with Crippen LogP contribution in [0.2, 0.25) is 15.1 Å². The van der Waals surface area contributed by atoms with Gasteiger partial charge in [0.25, 0.3) is 5.91 Å². The van der Waals surface area contributed by atoms with Crippen molar-refractivity contribution in [2.75, 3.05) is 12.1 Å². The van der Waals surface area contributed by atoms with Crippen LogP contribution >= 0.6 is 34.8 Å². The molecule has 174 valence electrons. The van der Waals surface area contributed by atoms with Crippen molar-refractivity contribution in [3.05, 3.63) is 86.9 Å². The SMILES string of the molecule is O=C(Nc1nn(Cc2ccc(Cl)c(Cl)c2)cc1Cl)c1ccc(COc2ccc3c(c2)OCO3)o1. The molecule has 0 saturated heterocycles. The number of carbonyl (C=O) groups is 1. The van der Waals surface area contributed by atoms with Gasteiger partial charge in [0.05, 0.1) is 16.6 Å². The number of hydrogen-bond donors (Lipinski definition) is 1. The first-order chi connectivity index (χ1) is 16.4. The molecule has 1 N–H and O–H groups in total. The smallest absolute Gasteiger partial charge is 0.292 e. The molecular formula is C23H16Cl3N3O5. The summed E-state index contributed by atoms with van der Waals surface area (Å²) in [6.45, 7) is 0.716.